The molecule has 31 heavy (non-hydrogen) atoms. The van der Waals surface area contributed by atoms with Gasteiger partial charge < -0.3 is 20.4 Å². The third kappa shape index (κ3) is 3.16. The summed E-state index contributed by atoms with van der Waals surface area (Å²) < 4.78 is 0. The molecule has 0 bridgehead atoms. The molecule has 0 spiro atoms. The van der Waals surface area contributed by atoms with E-state index in [0.29, 0.717) is 17.8 Å². The first-order valence-electron chi connectivity index (χ1n) is 12.5. The predicted octanol–water partition coefficient (Wildman–Crippen LogP) is 4.30. The van der Waals surface area contributed by atoms with Gasteiger partial charge in [0.2, 0.25) is 0 Å². The number of halogens is 1. The summed E-state index contributed by atoms with van der Waals surface area (Å²) >= 11 is 0. The number of nitrogens with zero attached hydrogens (tertiary/aromatic N) is 1. The maximum atomic E-state index is 12.3. The van der Waals surface area contributed by atoms with Gasteiger partial charge >= 0.3 is 0 Å². The Hall–Kier alpha value is -0.360. The lowest BCUT2D eigenvalue weighted by Gasteiger charge is -2.67. The highest BCUT2D eigenvalue weighted by Crippen LogP contribution is 2.69. The molecule has 3 N–H and O–H groups in total. The van der Waals surface area contributed by atoms with Crippen molar-refractivity contribution in [1.29, 1.82) is 0 Å². The van der Waals surface area contributed by atoms with Crippen LogP contribution in [0.15, 0.2) is 5.16 Å². The molecule has 2 unspecified atom stereocenters. The van der Waals surface area contributed by atoms with Gasteiger partial charge in [0.1, 0.15) is 6.10 Å². The summed E-state index contributed by atoms with van der Waals surface area (Å²) in [5.74, 6) is 1.80. The van der Waals surface area contributed by atoms with Crippen LogP contribution in [0.3, 0.4) is 0 Å². The van der Waals surface area contributed by atoms with E-state index in [-0.39, 0.29) is 40.9 Å². The van der Waals surface area contributed by atoms with Crippen LogP contribution in [-0.2, 0) is 4.84 Å². The molecule has 8 atom stereocenters. The molecule has 0 aromatic heterocycles. The maximum Gasteiger partial charge on any atom is 0.141 e. The van der Waals surface area contributed by atoms with Gasteiger partial charge in [0, 0.05) is 23.8 Å². The lowest BCUT2D eigenvalue weighted by molar-refractivity contribution is -0.230. The number of fused-ring (bicyclic) bond motifs is 5. The van der Waals surface area contributed by atoms with Crippen LogP contribution in [-0.4, -0.2) is 46.8 Å². The van der Waals surface area contributed by atoms with Gasteiger partial charge in [0.15, 0.2) is 0 Å². The van der Waals surface area contributed by atoms with Crippen LogP contribution in [0.5, 0.6) is 0 Å². The first-order valence-corrected chi connectivity index (χ1v) is 12.5. The Balaban J connectivity index is 0.00000231. The summed E-state index contributed by atoms with van der Waals surface area (Å²) in [7, 11) is 0. The van der Waals surface area contributed by atoms with Crippen molar-refractivity contribution in [2.75, 3.05) is 13.1 Å². The van der Waals surface area contributed by atoms with Gasteiger partial charge in [0.25, 0.3) is 0 Å². The average molecular weight is 455 g/mol. The standard InChI is InChI=1S/C25H42N2O3.ClH/c1-22(2)20(27-30-16-10-14-26-15-16)9-12-24(4)19-8-11-23(3)18(5-6-21(23)28)17(19)7-13-25(22,24)29;/h16-19,21,26,28-29H,5-15H2,1-4H3;1H/b27-20+;/t16-,17+,18+,19-,21?,23+,24-,25?;/m1./s1. The zero-order valence-corrected chi connectivity index (χ0v) is 20.6. The van der Waals surface area contributed by atoms with E-state index >= 15 is 0 Å². The second-order valence-corrected chi connectivity index (χ2v) is 12.2. The van der Waals surface area contributed by atoms with Gasteiger partial charge in [-0.3, -0.25) is 0 Å². The van der Waals surface area contributed by atoms with Gasteiger partial charge in [0.05, 0.1) is 17.4 Å². The number of rotatable bonds is 2. The highest BCUT2D eigenvalue weighted by molar-refractivity contribution is 5.91. The van der Waals surface area contributed by atoms with Crippen LogP contribution < -0.4 is 5.32 Å². The number of hydrogen-bond acceptors (Lipinski definition) is 5. The number of oxime groups is 1. The summed E-state index contributed by atoms with van der Waals surface area (Å²) in [6.07, 6.45) is 9.22. The largest absolute Gasteiger partial charge is 0.393 e. The van der Waals surface area contributed by atoms with Crippen LogP contribution in [0.25, 0.3) is 0 Å². The highest BCUT2D eigenvalue weighted by Gasteiger charge is 2.69. The molecule has 0 radical (unpaired) electrons. The molecular formula is C25H43ClN2O3. The third-order valence-electron chi connectivity index (χ3n) is 11.0. The van der Waals surface area contributed by atoms with Crippen molar-refractivity contribution in [2.45, 2.75) is 103 Å². The van der Waals surface area contributed by atoms with Gasteiger partial charge in [-0.25, -0.2) is 0 Å². The molecule has 0 aromatic carbocycles. The van der Waals surface area contributed by atoms with E-state index in [9.17, 15) is 10.2 Å². The predicted molar refractivity (Wildman–Crippen MR) is 125 cm³/mol. The molecule has 1 heterocycles. The molecular weight excluding hydrogens is 412 g/mol. The van der Waals surface area contributed by atoms with E-state index in [2.05, 4.69) is 38.2 Å². The van der Waals surface area contributed by atoms with Crippen molar-refractivity contribution in [1.82, 2.24) is 5.32 Å². The summed E-state index contributed by atoms with van der Waals surface area (Å²) in [6.45, 7) is 11.0. The van der Waals surface area contributed by atoms with Crippen LogP contribution >= 0.6 is 12.4 Å². The zero-order chi connectivity index (χ0) is 21.4. The Labute approximate surface area is 194 Å². The monoisotopic (exact) mass is 454 g/mol. The van der Waals surface area contributed by atoms with E-state index in [0.717, 1.165) is 76.6 Å². The van der Waals surface area contributed by atoms with E-state index in [1.54, 1.807) is 0 Å². The molecule has 5 fully saturated rings. The molecule has 5 rings (SSSR count). The lowest BCUT2D eigenvalue weighted by atomic mass is 9.39. The first kappa shape index (κ1) is 23.8. The second-order valence-electron chi connectivity index (χ2n) is 12.2. The Kier molecular flexibility index (Phi) is 6.03. The van der Waals surface area contributed by atoms with Crippen molar-refractivity contribution >= 4 is 18.1 Å². The summed E-state index contributed by atoms with van der Waals surface area (Å²) in [5, 5.41) is 31.0. The van der Waals surface area contributed by atoms with Crippen LogP contribution in [0.2, 0.25) is 0 Å². The molecule has 4 aliphatic carbocycles. The molecule has 5 nitrogen and oxygen atoms in total. The Morgan fingerprint density at radius 3 is 2.45 bits per heavy atom. The molecule has 1 aliphatic heterocycles. The summed E-state index contributed by atoms with van der Waals surface area (Å²) in [5.41, 5.74) is -0.0902. The first-order chi connectivity index (χ1) is 14.1. The second kappa shape index (κ2) is 7.85. The third-order valence-corrected chi connectivity index (χ3v) is 11.0. The van der Waals surface area contributed by atoms with Gasteiger partial charge in [-0.1, -0.05) is 32.9 Å². The number of aliphatic hydroxyl groups excluding tert-OH is 1. The zero-order valence-electron chi connectivity index (χ0n) is 19.8. The van der Waals surface area contributed by atoms with Gasteiger partial charge in [-0.15, -0.1) is 12.4 Å². The van der Waals surface area contributed by atoms with E-state index in [1.807, 2.05) is 0 Å². The van der Waals surface area contributed by atoms with E-state index < -0.39 is 5.60 Å². The number of aliphatic hydroxyl groups is 2. The van der Waals surface area contributed by atoms with Crippen molar-refractivity contribution in [3.8, 4) is 0 Å². The molecule has 1 saturated heterocycles. The maximum absolute atomic E-state index is 12.3. The minimum absolute atomic E-state index is 0. The molecule has 0 amide bonds. The number of nitrogens with one attached hydrogen (secondary N) is 1. The Morgan fingerprint density at radius 2 is 1.74 bits per heavy atom. The number of hydrogen-bond donors (Lipinski definition) is 3. The normalized spacial score (nSPS) is 52.1. The van der Waals surface area contributed by atoms with Crippen LogP contribution in [0, 0.1) is 34.0 Å². The minimum Gasteiger partial charge on any atom is -0.393 e. The van der Waals surface area contributed by atoms with Gasteiger partial charge in [-0.05, 0) is 81.1 Å². The van der Waals surface area contributed by atoms with Crippen molar-refractivity contribution < 1.29 is 15.1 Å². The minimum atomic E-state index is -0.750. The Bertz CT molecular complexity index is 724. The van der Waals surface area contributed by atoms with Crippen molar-refractivity contribution in [3.63, 3.8) is 0 Å². The van der Waals surface area contributed by atoms with Crippen molar-refractivity contribution in [3.05, 3.63) is 0 Å². The fourth-order valence-corrected chi connectivity index (χ4v) is 8.79. The topological polar surface area (TPSA) is 74.1 Å². The summed E-state index contributed by atoms with van der Waals surface area (Å²) in [4.78, 5) is 5.91. The van der Waals surface area contributed by atoms with Crippen LogP contribution in [0.4, 0.5) is 0 Å². The van der Waals surface area contributed by atoms with E-state index in [4.69, 9.17) is 4.84 Å². The SMILES string of the molecule is CC1(C)/C(=N/O[C@@H]2CCNC2)CC[C@]2(C)[C@@H]3CC[C@]4(C)C(O)CC[C@H]4[C@@H]3CCC12O.Cl. The molecule has 0 aromatic rings. The average Bonchev–Trinajstić information content (AvgIpc) is 3.32. The Morgan fingerprint density at radius 1 is 0.968 bits per heavy atom. The summed E-state index contributed by atoms with van der Waals surface area (Å²) in [6, 6.07) is 0. The molecule has 178 valence electrons. The van der Waals surface area contributed by atoms with E-state index in [1.165, 1.54) is 0 Å². The molecule has 5 aliphatic rings. The van der Waals surface area contributed by atoms with Crippen LogP contribution in [0.1, 0.15) is 85.5 Å². The smallest absolute Gasteiger partial charge is 0.141 e. The fraction of sp³-hybridized carbons (Fsp3) is 0.960. The lowest BCUT2D eigenvalue weighted by Crippen LogP contribution is -2.69. The van der Waals surface area contributed by atoms with Crippen molar-refractivity contribution in [2.24, 2.45) is 39.2 Å². The molecule has 6 heteroatoms. The quantitative estimate of drug-likeness (QED) is 0.544. The fourth-order valence-electron chi connectivity index (χ4n) is 8.79. The molecule has 4 saturated carbocycles. The highest BCUT2D eigenvalue weighted by atomic mass is 35.5. The van der Waals surface area contributed by atoms with Gasteiger partial charge in [-0.2, -0.15) is 0 Å².